The first-order valence-electron chi connectivity index (χ1n) is 8.09. The summed E-state index contributed by atoms with van der Waals surface area (Å²) in [5.74, 6) is -0.0277. The SMILES string of the molecule is COc1ccc(-c2ccc(SNC(Cc3ccccc3)C(=O)O)s2)cc1. The second kappa shape index (κ2) is 8.89. The molecule has 0 fully saturated rings. The van der Waals surface area contributed by atoms with Gasteiger partial charge in [0.2, 0.25) is 0 Å². The molecule has 26 heavy (non-hydrogen) atoms. The number of benzene rings is 2. The number of carboxylic acids is 1. The van der Waals surface area contributed by atoms with E-state index in [1.54, 1.807) is 18.4 Å². The van der Waals surface area contributed by atoms with Gasteiger partial charge >= 0.3 is 5.97 Å². The number of rotatable bonds is 8. The maximum absolute atomic E-state index is 11.5. The molecular formula is C20H19NO3S2. The van der Waals surface area contributed by atoms with E-state index in [0.29, 0.717) is 6.42 Å². The average Bonchev–Trinajstić information content (AvgIpc) is 3.15. The number of methoxy groups -OCH3 is 1. The van der Waals surface area contributed by atoms with Gasteiger partial charge in [-0.05, 0) is 65.9 Å². The van der Waals surface area contributed by atoms with E-state index in [-0.39, 0.29) is 0 Å². The number of ether oxygens (including phenoxy) is 1. The van der Waals surface area contributed by atoms with Crippen LogP contribution in [0.5, 0.6) is 5.75 Å². The van der Waals surface area contributed by atoms with Crippen LogP contribution in [0.3, 0.4) is 0 Å². The summed E-state index contributed by atoms with van der Waals surface area (Å²) in [7, 11) is 1.65. The summed E-state index contributed by atoms with van der Waals surface area (Å²) >= 11 is 2.99. The van der Waals surface area contributed by atoms with Crippen molar-refractivity contribution in [2.45, 2.75) is 16.7 Å². The number of aliphatic carboxylic acids is 1. The molecule has 0 saturated heterocycles. The minimum atomic E-state index is -0.853. The number of hydrogen-bond acceptors (Lipinski definition) is 5. The molecule has 1 unspecified atom stereocenters. The van der Waals surface area contributed by atoms with Gasteiger partial charge in [-0.2, -0.15) is 0 Å². The average molecular weight is 386 g/mol. The molecule has 0 aliphatic rings. The van der Waals surface area contributed by atoms with E-state index in [9.17, 15) is 9.90 Å². The molecule has 2 aromatic carbocycles. The highest BCUT2D eigenvalue weighted by atomic mass is 32.2. The van der Waals surface area contributed by atoms with Crippen molar-refractivity contribution in [3.8, 4) is 16.2 Å². The fourth-order valence-electron chi connectivity index (χ4n) is 2.44. The summed E-state index contributed by atoms with van der Waals surface area (Å²) < 4.78 is 9.28. The second-order valence-corrected chi connectivity index (χ2v) is 7.87. The smallest absolute Gasteiger partial charge is 0.321 e. The van der Waals surface area contributed by atoms with Gasteiger partial charge in [-0.3, -0.25) is 4.79 Å². The van der Waals surface area contributed by atoms with Crippen molar-refractivity contribution >= 4 is 29.3 Å². The third-order valence-corrected chi connectivity index (χ3v) is 6.01. The van der Waals surface area contributed by atoms with Gasteiger partial charge in [-0.1, -0.05) is 30.3 Å². The molecule has 134 valence electrons. The van der Waals surface area contributed by atoms with Crippen LogP contribution in [0.15, 0.2) is 70.9 Å². The van der Waals surface area contributed by atoms with Crippen molar-refractivity contribution in [3.63, 3.8) is 0 Å². The van der Waals surface area contributed by atoms with Gasteiger partial charge in [-0.25, -0.2) is 4.72 Å². The first-order chi connectivity index (χ1) is 12.7. The van der Waals surface area contributed by atoms with Crippen LogP contribution >= 0.6 is 23.3 Å². The van der Waals surface area contributed by atoms with Gasteiger partial charge < -0.3 is 9.84 Å². The maximum atomic E-state index is 11.5. The third kappa shape index (κ3) is 4.88. The molecular weight excluding hydrogens is 366 g/mol. The van der Waals surface area contributed by atoms with Gasteiger partial charge in [0, 0.05) is 4.88 Å². The lowest BCUT2D eigenvalue weighted by molar-refractivity contribution is -0.138. The van der Waals surface area contributed by atoms with Crippen molar-refractivity contribution in [3.05, 3.63) is 72.3 Å². The summed E-state index contributed by atoms with van der Waals surface area (Å²) in [5.41, 5.74) is 2.11. The van der Waals surface area contributed by atoms with E-state index in [2.05, 4.69) is 4.72 Å². The largest absolute Gasteiger partial charge is 0.497 e. The quantitative estimate of drug-likeness (QED) is 0.550. The van der Waals surface area contributed by atoms with E-state index >= 15 is 0 Å². The second-order valence-electron chi connectivity index (χ2n) is 5.65. The Morgan fingerprint density at radius 1 is 1.12 bits per heavy atom. The molecule has 0 radical (unpaired) electrons. The first-order valence-corrected chi connectivity index (χ1v) is 9.72. The lowest BCUT2D eigenvalue weighted by atomic mass is 10.1. The highest BCUT2D eigenvalue weighted by Crippen LogP contribution is 2.33. The molecule has 0 bridgehead atoms. The first kappa shape index (κ1) is 18.5. The zero-order chi connectivity index (χ0) is 18.4. The Morgan fingerprint density at radius 3 is 2.50 bits per heavy atom. The molecule has 0 spiro atoms. The monoisotopic (exact) mass is 385 g/mol. The number of carboxylic acid groups (broad SMARTS) is 1. The number of carbonyl (C=O) groups is 1. The van der Waals surface area contributed by atoms with Crippen LogP contribution in [-0.2, 0) is 11.2 Å². The Kier molecular flexibility index (Phi) is 6.33. The number of hydrogen-bond donors (Lipinski definition) is 2. The van der Waals surface area contributed by atoms with Gasteiger partial charge in [0.05, 0.1) is 11.3 Å². The van der Waals surface area contributed by atoms with Crippen LogP contribution in [-0.4, -0.2) is 24.2 Å². The normalized spacial score (nSPS) is 11.9. The van der Waals surface area contributed by atoms with Crippen LogP contribution in [0.2, 0.25) is 0 Å². The summed E-state index contributed by atoms with van der Waals surface area (Å²) in [5, 5.41) is 9.46. The zero-order valence-corrected chi connectivity index (χ0v) is 15.8. The molecule has 1 heterocycles. The molecule has 4 nitrogen and oxygen atoms in total. The summed E-state index contributed by atoms with van der Waals surface area (Å²) in [4.78, 5) is 12.7. The Morgan fingerprint density at radius 2 is 1.85 bits per heavy atom. The molecule has 1 atom stereocenters. The minimum Gasteiger partial charge on any atom is -0.497 e. The minimum absolute atomic E-state index is 0.444. The highest BCUT2D eigenvalue weighted by Gasteiger charge is 2.18. The predicted molar refractivity (Wildman–Crippen MR) is 107 cm³/mol. The fourth-order valence-corrected chi connectivity index (χ4v) is 4.35. The Balaban J connectivity index is 1.63. The lowest BCUT2D eigenvalue weighted by Gasteiger charge is -2.13. The van der Waals surface area contributed by atoms with E-state index in [1.807, 2.05) is 66.7 Å². The van der Waals surface area contributed by atoms with Crippen molar-refractivity contribution in [1.82, 2.24) is 4.72 Å². The number of thiophene rings is 1. The van der Waals surface area contributed by atoms with Crippen LogP contribution in [0.25, 0.3) is 10.4 Å². The predicted octanol–water partition coefficient (Wildman–Crippen LogP) is 4.72. The zero-order valence-electron chi connectivity index (χ0n) is 14.2. The lowest BCUT2D eigenvalue weighted by Crippen LogP contribution is -2.34. The Labute approximate surface area is 161 Å². The van der Waals surface area contributed by atoms with Crippen molar-refractivity contribution in [1.29, 1.82) is 0 Å². The molecule has 2 N–H and O–H groups in total. The topological polar surface area (TPSA) is 58.6 Å². The molecule has 3 aromatic rings. The van der Waals surface area contributed by atoms with Crippen LogP contribution in [0.4, 0.5) is 0 Å². The van der Waals surface area contributed by atoms with Gasteiger partial charge in [0.25, 0.3) is 0 Å². The molecule has 6 heteroatoms. The van der Waals surface area contributed by atoms with Crippen molar-refractivity contribution in [2.75, 3.05) is 7.11 Å². The maximum Gasteiger partial charge on any atom is 0.321 e. The number of nitrogens with one attached hydrogen (secondary N) is 1. The van der Waals surface area contributed by atoms with Crippen molar-refractivity contribution < 1.29 is 14.6 Å². The molecule has 0 aliphatic heterocycles. The molecule has 0 amide bonds. The van der Waals surface area contributed by atoms with Crippen molar-refractivity contribution in [2.24, 2.45) is 0 Å². The highest BCUT2D eigenvalue weighted by molar-refractivity contribution is 7.99. The fraction of sp³-hybridized carbons (Fsp3) is 0.150. The third-order valence-electron chi connectivity index (χ3n) is 3.84. The summed E-state index contributed by atoms with van der Waals surface area (Å²) in [6, 6.07) is 20.9. The van der Waals surface area contributed by atoms with Gasteiger partial charge in [0.1, 0.15) is 11.8 Å². The van der Waals surface area contributed by atoms with Gasteiger partial charge in [0.15, 0.2) is 0 Å². The van der Waals surface area contributed by atoms with Gasteiger partial charge in [-0.15, -0.1) is 11.3 Å². The van der Waals surface area contributed by atoms with Crippen LogP contribution < -0.4 is 9.46 Å². The summed E-state index contributed by atoms with van der Waals surface area (Å²) in [6.45, 7) is 0. The standard InChI is InChI=1S/C20H19NO3S2/c1-24-16-9-7-15(8-10-16)18-11-12-19(25-18)26-21-17(20(22)23)13-14-5-3-2-4-6-14/h2-12,17,21H,13H2,1H3,(H,22,23). The molecule has 0 saturated carbocycles. The van der Waals surface area contributed by atoms with E-state index in [0.717, 1.165) is 26.0 Å². The molecule has 1 aromatic heterocycles. The van der Waals surface area contributed by atoms with E-state index in [4.69, 9.17) is 4.74 Å². The summed E-state index contributed by atoms with van der Waals surface area (Å²) in [6.07, 6.45) is 0.444. The molecule has 3 rings (SSSR count). The van der Waals surface area contributed by atoms with E-state index < -0.39 is 12.0 Å². The van der Waals surface area contributed by atoms with Crippen LogP contribution in [0, 0.1) is 0 Å². The Hall–Kier alpha value is -2.28. The van der Waals surface area contributed by atoms with Crippen LogP contribution in [0.1, 0.15) is 5.56 Å². The molecule has 0 aliphatic carbocycles. The van der Waals surface area contributed by atoms with E-state index in [1.165, 1.54) is 11.9 Å². The Bertz CT molecular complexity index is 847.